The van der Waals surface area contributed by atoms with Crippen molar-refractivity contribution in [1.29, 1.82) is 0 Å². The number of rotatable bonds is 7. The van der Waals surface area contributed by atoms with Gasteiger partial charge in [0.05, 0.1) is 19.3 Å². The van der Waals surface area contributed by atoms with Gasteiger partial charge in [-0.05, 0) is 19.1 Å². The maximum atomic E-state index is 12.4. The van der Waals surface area contributed by atoms with Crippen molar-refractivity contribution in [2.24, 2.45) is 0 Å². The molecule has 1 N–H and O–H groups in total. The van der Waals surface area contributed by atoms with Gasteiger partial charge in [0.15, 0.2) is 11.5 Å². The third-order valence-corrected chi connectivity index (χ3v) is 2.44. The van der Waals surface area contributed by atoms with E-state index in [9.17, 15) is 13.6 Å². The van der Waals surface area contributed by atoms with Crippen LogP contribution in [-0.4, -0.2) is 39.4 Å². The van der Waals surface area contributed by atoms with E-state index in [4.69, 9.17) is 9.47 Å². The van der Waals surface area contributed by atoms with Crippen molar-refractivity contribution in [1.82, 2.24) is 5.32 Å². The average Bonchev–Trinajstić information content (AvgIpc) is 2.38. The highest BCUT2D eigenvalue weighted by atomic mass is 19.3. The molecule has 1 aromatic rings. The SMILES string of the molecule is COCC(C)NC(=O)c1cccc(OC)c1OC(F)F. The van der Waals surface area contributed by atoms with Crippen LogP contribution in [0.5, 0.6) is 11.5 Å². The molecule has 20 heavy (non-hydrogen) atoms. The van der Waals surface area contributed by atoms with Crippen LogP contribution in [0.25, 0.3) is 0 Å². The van der Waals surface area contributed by atoms with Crippen molar-refractivity contribution in [3.8, 4) is 11.5 Å². The van der Waals surface area contributed by atoms with Gasteiger partial charge < -0.3 is 19.5 Å². The Labute approximate surface area is 115 Å². The van der Waals surface area contributed by atoms with Crippen molar-refractivity contribution in [2.45, 2.75) is 19.6 Å². The highest BCUT2D eigenvalue weighted by Gasteiger charge is 2.21. The summed E-state index contributed by atoms with van der Waals surface area (Å²) in [5.74, 6) is -0.756. The largest absolute Gasteiger partial charge is 0.493 e. The maximum absolute atomic E-state index is 12.4. The zero-order valence-corrected chi connectivity index (χ0v) is 11.5. The van der Waals surface area contributed by atoms with Gasteiger partial charge in [-0.15, -0.1) is 0 Å². The number of alkyl halides is 2. The number of carbonyl (C=O) groups is 1. The molecule has 1 rings (SSSR count). The summed E-state index contributed by atoms with van der Waals surface area (Å²) in [5.41, 5.74) is -0.0207. The van der Waals surface area contributed by atoms with Crippen LogP contribution in [0.1, 0.15) is 17.3 Å². The van der Waals surface area contributed by atoms with Gasteiger partial charge in [0.2, 0.25) is 0 Å². The Morgan fingerprint density at radius 1 is 1.35 bits per heavy atom. The van der Waals surface area contributed by atoms with Gasteiger partial charge in [-0.2, -0.15) is 8.78 Å². The van der Waals surface area contributed by atoms with Gasteiger partial charge in [0.25, 0.3) is 5.91 Å². The molecule has 7 heteroatoms. The number of para-hydroxylation sites is 1. The molecule has 0 aliphatic rings. The summed E-state index contributed by atoms with van der Waals surface area (Å²) in [7, 11) is 2.81. The van der Waals surface area contributed by atoms with E-state index in [2.05, 4.69) is 10.1 Å². The second kappa shape index (κ2) is 7.64. The summed E-state index contributed by atoms with van der Waals surface area (Å²) < 4.78 is 39.1. The van der Waals surface area contributed by atoms with Crippen LogP contribution in [0.15, 0.2) is 18.2 Å². The first-order valence-electron chi connectivity index (χ1n) is 5.91. The smallest absolute Gasteiger partial charge is 0.387 e. The lowest BCUT2D eigenvalue weighted by atomic mass is 10.1. The first kappa shape index (κ1) is 16.2. The first-order valence-corrected chi connectivity index (χ1v) is 5.91. The first-order chi connectivity index (χ1) is 9.49. The van der Waals surface area contributed by atoms with Gasteiger partial charge in [-0.3, -0.25) is 4.79 Å². The van der Waals surface area contributed by atoms with Gasteiger partial charge in [-0.25, -0.2) is 0 Å². The third-order valence-electron chi connectivity index (χ3n) is 2.44. The number of methoxy groups -OCH3 is 2. The fourth-order valence-corrected chi connectivity index (χ4v) is 1.66. The highest BCUT2D eigenvalue weighted by molar-refractivity contribution is 5.98. The Balaban J connectivity index is 3.00. The zero-order chi connectivity index (χ0) is 15.1. The minimum Gasteiger partial charge on any atom is -0.493 e. The second-order valence-electron chi connectivity index (χ2n) is 4.05. The minimum atomic E-state index is -3.05. The lowest BCUT2D eigenvalue weighted by Gasteiger charge is -2.16. The fraction of sp³-hybridized carbons (Fsp3) is 0.462. The van der Waals surface area contributed by atoms with Gasteiger partial charge >= 0.3 is 6.61 Å². The standard InChI is InChI=1S/C13H17F2NO4/c1-8(7-18-2)16-12(17)9-5-4-6-10(19-3)11(9)20-13(14)15/h4-6,8,13H,7H2,1-3H3,(H,16,17). The van der Waals surface area contributed by atoms with E-state index in [1.54, 1.807) is 6.92 Å². The molecular weight excluding hydrogens is 272 g/mol. The number of hydrogen-bond acceptors (Lipinski definition) is 4. The van der Waals surface area contributed by atoms with E-state index in [0.717, 1.165) is 0 Å². The molecule has 0 saturated carbocycles. The molecule has 0 heterocycles. The van der Waals surface area contributed by atoms with Crippen molar-refractivity contribution in [3.05, 3.63) is 23.8 Å². The van der Waals surface area contributed by atoms with Gasteiger partial charge in [0.1, 0.15) is 0 Å². The predicted molar refractivity (Wildman–Crippen MR) is 68.4 cm³/mol. The van der Waals surface area contributed by atoms with E-state index in [1.165, 1.54) is 32.4 Å². The number of nitrogens with one attached hydrogen (secondary N) is 1. The number of ether oxygens (including phenoxy) is 3. The van der Waals surface area contributed by atoms with E-state index >= 15 is 0 Å². The van der Waals surface area contributed by atoms with Crippen LogP contribution in [0.2, 0.25) is 0 Å². The van der Waals surface area contributed by atoms with Gasteiger partial charge in [-0.1, -0.05) is 6.07 Å². The lowest BCUT2D eigenvalue weighted by molar-refractivity contribution is -0.0515. The molecule has 0 spiro atoms. The zero-order valence-electron chi connectivity index (χ0n) is 11.5. The summed E-state index contributed by atoms with van der Waals surface area (Å²) >= 11 is 0. The summed E-state index contributed by atoms with van der Waals surface area (Å²) in [6.45, 7) is -1.01. The number of amides is 1. The number of hydrogen-bond donors (Lipinski definition) is 1. The molecule has 5 nitrogen and oxygen atoms in total. The molecule has 1 amide bonds. The molecule has 0 radical (unpaired) electrons. The molecule has 0 aromatic heterocycles. The van der Waals surface area contributed by atoms with Crippen molar-refractivity contribution in [3.63, 3.8) is 0 Å². The van der Waals surface area contributed by atoms with Crippen molar-refractivity contribution >= 4 is 5.91 Å². The van der Waals surface area contributed by atoms with E-state index in [1.807, 2.05) is 0 Å². The Kier molecular flexibility index (Phi) is 6.17. The molecule has 0 aliphatic heterocycles. The summed E-state index contributed by atoms with van der Waals surface area (Å²) in [6, 6.07) is 4.08. The van der Waals surface area contributed by atoms with E-state index in [0.29, 0.717) is 6.61 Å². The van der Waals surface area contributed by atoms with E-state index in [-0.39, 0.29) is 23.1 Å². The van der Waals surface area contributed by atoms with Crippen LogP contribution in [0.3, 0.4) is 0 Å². The third kappa shape index (κ3) is 4.34. The quantitative estimate of drug-likeness (QED) is 0.835. The Morgan fingerprint density at radius 3 is 2.60 bits per heavy atom. The van der Waals surface area contributed by atoms with Gasteiger partial charge in [0, 0.05) is 13.2 Å². The Morgan fingerprint density at radius 2 is 2.05 bits per heavy atom. The van der Waals surface area contributed by atoms with Crippen LogP contribution in [0, 0.1) is 0 Å². The summed E-state index contributed by atoms with van der Waals surface area (Å²) in [4.78, 5) is 12.1. The highest BCUT2D eigenvalue weighted by Crippen LogP contribution is 2.32. The Hall–Kier alpha value is -1.89. The van der Waals surface area contributed by atoms with Crippen molar-refractivity contribution in [2.75, 3.05) is 20.8 Å². The Bertz CT molecular complexity index is 454. The van der Waals surface area contributed by atoms with Crippen LogP contribution < -0.4 is 14.8 Å². The molecule has 0 bridgehead atoms. The predicted octanol–water partition coefficient (Wildman–Crippen LogP) is 2.06. The second-order valence-corrected chi connectivity index (χ2v) is 4.05. The molecule has 0 saturated heterocycles. The molecule has 112 valence electrons. The summed E-state index contributed by atoms with van der Waals surface area (Å²) in [5, 5.41) is 2.62. The normalized spacial score (nSPS) is 12.1. The maximum Gasteiger partial charge on any atom is 0.387 e. The molecule has 0 fully saturated rings. The molecule has 1 atom stereocenters. The number of halogens is 2. The number of benzene rings is 1. The van der Waals surface area contributed by atoms with Crippen LogP contribution in [-0.2, 0) is 4.74 Å². The monoisotopic (exact) mass is 289 g/mol. The molecular formula is C13H17F2NO4. The number of carbonyl (C=O) groups excluding carboxylic acids is 1. The minimum absolute atomic E-state index is 0.0207. The molecule has 0 aliphatic carbocycles. The summed E-state index contributed by atoms with van der Waals surface area (Å²) in [6.07, 6.45) is 0. The van der Waals surface area contributed by atoms with Crippen LogP contribution >= 0.6 is 0 Å². The molecule has 1 aromatic carbocycles. The van der Waals surface area contributed by atoms with Crippen LogP contribution in [0.4, 0.5) is 8.78 Å². The lowest BCUT2D eigenvalue weighted by Crippen LogP contribution is -2.35. The van der Waals surface area contributed by atoms with Crippen molar-refractivity contribution < 1.29 is 27.8 Å². The fourth-order valence-electron chi connectivity index (χ4n) is 1.66. The molecule has 1 unspecified atom stereocenters. The topological polar surface area (TPSA) is 56.8 Å². The van der Waals surface area contributed by atoms with E-state index < -0.39 is 12.5 Å². The average molecular weight is 289 g/mol.